The second-order valence-electron chi connectivity index (χ2n) is 10.5. The van der Waals surface area contributed by atoms with Crippen LogP contribution in [0.4, 0.5) is 4.79 Å². The van der Waals surface area contributed by atoms with Gasteiger partial charge in [0.15, 0.2) is 0 Å². The van der Waals surface area contributed by atoms with E-state index in [-0.39, 0.29) is 23.0 Å². The highest BCUT2D eigenvalue weighted by Gasteiger charge is 2.54. The summed E-state index contributed by atoms with van der Waals surface area (Å²) in [6.07, 6.45) is 8.70. The van der Waals surface area contributed by atoms with Gasteiger partial charge in [0, 0.05) is 18.6 Å². The quantitative estimate of drug-likeness (QED) is 0.711. The van der Waals surface area contributed by atoms with Crippen molar-refractivity contribution in [2.45, 2.75) is 91.7 Å². The van der Waals surface area contributed by atoms with Crippen LogP contribution >= 0.6 is 0 Å². The molecule has 0 aromatic rings. The molecule has 2 rings (SSSR count). The van der Waals surface area contributed by atoms with Crippen LogP contribution in [0.2, 0.25) is 0 Å². The topological polar surface area (TPSA) is 58.6 Å². The first kappa shape index (κ1) is 21.8. The lowest BCUT2D eigenvalue weighted by Gasteiger charge is -2.52. The summed E-state index contributed by atoms with van der Waals surface area (Å²) in [7, 11) is 0. The molecule has 0 aromatic heterocycles. The van der Waals surface area contributed by atoms with E-state index in [0.29, 0.717) is 25.9 Å². The number of nitrogens with zero attached hydrogens (tertiary/aromatic N) is 1. The molecule has 1 atom stereocenters. The fraction of sp³-hybridized carbons (Fsp3) is 0.818. The van der Waals surface area contributed by atoms with Crippen LogP contribution in [-0.2, 0) is 9.53 Å². The molecule has 27 heavy (non-hydrogen) atoms. The van der Waals surface area contributed by atoms with E-state index >= 15 is 0 Å². The van der Waals surface area contributed by atoms with E-state index in [1.165, 1.54) is 0 Å². The molecule has 2 amide bonds. The Balaban J connectivity index is 2.24. The molecule has 5 nitrogen and oxygen atoms in total. The molecule has 0 aromatic carbocycles. The predicted molar refractivity (Wildman–Crippen MR) is 108 cm³/mol. The summed E-state index contributed by atoms with van der Waals surface area (Å²) < 4.78 is 5.53. The van der Waals surface area contributed by atoms with Crippen LogP contribution in [0, 0.1) is 10.8 Å². The fourth-order valence-electron chi connectivity index (χ4n) is 4.33. The third-order valence-electron chi connectivity index (χ3n) is 5.84. The first-order valence-corrected chi connectivity index (χ1v) is 10.3. The molecule has 5 heteroatoms. The number of amides is 2. The SMILES string of the molecule is CC(C)(C)NC(=O)C1(C2(C)C=CCCC2)CCN(C(=O)OC(C)(C)C)CC1. The van der Waals surface area contributed by atoms with Crippen molar-refractivity contribution in [1.29, 1.82) is 0 Å². The summed E-state index contributed by atoms with van der Waals surface area (Å²) in [6, 6.07) is 0. The predicted octanol–water partition coefficient (Wildman–Crippen LogP) is 4.66. The minimum atomic E-state index is -0.507. The van der Waals surface area contributed by atoms with Crippen LogP contribution in [0.5, 0.6) is 0 Å². The van der Waals surface area contributed by atoms with Crippen molar-refractivity contribution in [2.24, 2.45) is 10.8 Å². The number of carbonyl (C=O) groups is 2. The zero-order chi connectivity index (χ0) is 20.5. The molecular formula is C22H38N2O3. The standard InChI is InChI=1S/C22H38N2O3/c1-19(2,3)23-17(25)22(21(7)11-9-8-10-12-21)13-15-24(16-14-22)18(26)27-20(4,5)6/h9,11H,8,10,12-16H2,1-7H3,(H,23,25). The third-order valence-corrected chi connectivity index (χ3v) is 5.84. The molecule has 0 spiro atoms. The Labute approximate surface area is 164 Å². The van der Waals surface area contributed by atoms with Crippen molar-refractivity contribution in [3.63, 3.8) is 0 Å². The summed E-state index contributed by atoms with van der Waals surface area (Å²) in [5, 5.41) is 3.23. The van der Waals surface area contributed by atoms with E-state index < -0.39 is 11.0 Å². The minimum absolute atomic E-state index is 0.118. The van der Waals surface area contributed by atoms with Gasteiger partial charge in [0.1, 0.15) is 5.60 Å². The number of piperidine rings is 1. The highest BCUT2D eigenvalue weighted by atomic mass is 16.6. The van der Waals surface area contributed by atoms with Gasteiger partial charge in [0.25, 0.3) is 0 Å². The molecule has 0 radical (unpaired) electrons. The van der Waals surface area contributed by atoms with E-state index in [4.69, 9.17) is 4.74 Å². The molecule has 0 bridgehead atoms. The van der Waals surface area contributed by atoms with Crippen molar-refractivity contribution in [1.82, 2.24) is 10.2 Å². The Kier molecular flexibility index (Phi) is 6.03. The highest BCUT2D eigenvalue weighted by Crippen LogP contribution is 2.53. The maximum absolute atomic E-state index is 13.5. The van der Waals surface area contributed by atoms with Crippen molar-refractivity contribution in [2.75, 3.05) is 13.1 Å². The van der Waals surface area contributed by atoms with Gasteiger partial charge in [-0.2, -0.15) is 0 Å². The highest BCUT2D eigenvalue weighted by molar-refractivity contribution is 5.85. The molecule has 1 fully saturated rings. The second-order valence-corrected chi connectivity index (χ2v) is 10.5. The average molecular weight is 379 g/mol. The lowest BCUT2D eigenvalue weighted by molar-refractivity contribution is -0.143. The molecule has 1 aliphatic carbocycles. The van der Waals surface area contributed by atoms with Crippen LogP contribution in [-0.4, -0.2) is 41.1 Å². The Bertz CT molecular complexity index is 590. The molecule has 0 saturated carbocycles. The molecule has 2 aliphatic rings. The van der Waals surface area contributed by atoms with Gasteiger partial charge >= 0.3 is 6.09 Å². The Morgan fingerprint density at radius 3 is 2.07 bits per heavy atom. The van der Waals surface area contributed by atoms with Crippen molar-refractivity contribution >= 4 is 12.0 Å². The Hall–Kier alpha value is -1.52. The van der Waals surface area contributed by atoms with Gasteiger partial charge in [0.2, 0.25) is 5.91 Å². The smallest absolute Gasteiger partial charge is 0.410 e. The van der Waals surface area contributed by atoms with Gasteiger partial charge in [-0.25, -0.2) is 4.79 Å². The minimum Gasteiger partial charge on any atom is -0.444 e. The van der Waals surface area contributed by atoms with Crippen LogP contribution in [0.25, 0.3) is 0 Å². The second kappa shape index (κ2) is 7.48. The molecule has 1 aliphatic heterocycles. The van der Waals surface area contributed by atoms with Gasteiger partial charge in [-0.05, 0) is 79.1 Å². The zero-order valence-electron chi connectivity index (χ0n) is 18.3. The molecule has 154 valence electrons. The van der Waals surface area contributed by atoms with Crippen LogP contribution in [0.15, 0.2) is 12.2 Å². The largest absolute Gasteiger partial charge is 0.444 e. The summed E-state index contributed by atoms with van der Waals surface area (Å²) in [5.41, 5.74) is -1.45. The van der Waals surface area contributed by atoms with Crippen LogP contribution in [0.3, 0.4) is 0 Å². The number of allylic oxidation sites excluding steroid dienone is 2. The molecule has 1 saturated heterocycles. The Morgan fingerprint density at radius 2 is 1.63 bits per heavy atom. The molecule has 1 heterocycles. The monoisotopic (exact) mass is 378 g/mol. The summed E-state index contributed by atoms with van der Waals surface area (Å²) in [4.78, 5) is 27.7. The van der Waals surface area contributed by atoms with Crippen molar-refractivity contribution in [3.05, 3.63) is 12.2 Å². The van der Waals surface area contributed by atoms with E-state index in [1.54, 1.807) is 4.90 Å². The van der Waals surface area contributed by atoms with Gasteiger partial charge in [0.05, 0.1) is 5.41 Å². The molecule has 1 unspecified atom stereocenters. The first-order chi connectivity index (χ1) is 12.3. The van der Waals surface area contributed by atoms with Crippen LogP contribution < -0.4 is 5.32 Å². The van der Waals surface area contributed by atoms with E-state index in [0.717, 1.165) is 19.3 Å². The molecular weight excluding hydrogens is 340 g/mol. The lowest BCUT2D eigenvalue weighted by Crippen LogP contribution is -2.60. The number of likely N-dealkylation sites (tertiary alicyclic amines) is 1. The Morgan fingerprint density at radius 1 is 1.04 bits per heavy atom. The summed E-state index contributed by atoms with van der Waals surface area (Å²) in [5.74, 6) is 0.118. The van der Waals surface area contributed by atoms with Crippen molar-refractivity contribution < 1.29 is 14.3 Å². The van der Waals surface area contributed by atoms with Crippen LogP contribution in [0.1, 0.15) is 80.6 Å². The maximum atomic E-state index is 13.5. The van der Waals surface area contributed by atoms with Gasteiger partial charge < -0.3 is 15.0 Å². The van der Waals surface area contributed by atoms with E-state index in [2.05, 4.69) is 24.4 Å². The summed E-state index contributed by atoms with van der Waals surface area (Å²) >= 11 is 0. The number of hydrogen-bond acceptors (Lipinski definition) is 3. The fourth-order valence-corrected chi connectivity index (χ4v) is 4.33. The van der Waals surface area contributed by atoms with Crippen molar-refractivity contribution in [3.8, 4) is 0 Å². The number of nitrogens with one attached hydrogen (secondary N) is 1. The lowest BCUT2D eigenvalue weighted by atomic mass is 9.56. The van der Waals surface area contributed by atoms with Gasteiger partial charge in [-0.15, -0.1) is 0 Å². The normalized spacial score (nSPS) is 25.8. The number of rotatable bonds is 2. The van der Waals surface area contributed by atoms with E-state index in [9.17, 15) is 9.59 Å². The number of carbonyl (C=O) groups excluding carboxylic acids is 2. The zero-order valence-corrected chi connectivity index (χ0v) is 18.3. The van der Waals surface area contributed by atoms with Gasteiger partial charge in [-0.1, -0.05) is 19.1 Å². The molecule has 1 N–H and O–H groups in total. The third kappa shape index (κ3) is 5.05. The summed E-state index contributed by atoms with van der Waals surface area (Å²) in [6.45, 7) is 15.0. The van der Waals surface area contributed by atoms with Gasteiger partial charge in [-0.3, -0.25) is 4.79 Å². The number of hydrogen-bond donors (Lipinski definition) is 1. The average Bonchev–Trinajstić information content (AvgIpc) is 2.52. The maximum Gasteiger partial charge on any atom is 0.410 e. The first-order valence-electron chi connectivity index (χ1n) is 10.3. The van der Waals surface area contributed by atoms with E-state index in [1.807, 2.05) is 41.5 Å². The number of ether oxygens (including phenoxy) is 1.